The van der Waals surface area contributed by atoms with Gasteiger partial charge in [-0.15, -0.1) is 0 Å². The molecule has 4 heavy (non-hydrogen) atoms. The first-order valence-electron chi connectivity index (χ1n) is 0. The summed E-state index contributed by atoms with van der Waals surface area (Å²) in [6.45, 7) is 0. The minimum Gasteiger partial charge on any atom is -0.0149 e. The Labute approximate surface area is 61.4 Å². The van der Waals surface area contributed by atoms with Crippen molar-refractivity contribution in [3.63, 3.8) is 0 Å². The molecule has 0 atom stereocenters. The summed E-state index contributed by atoms with van der Waals surface area (Å²) in [5.74, 6) is 0. The Bertz CT molecular complexity index is 8.00. The minimum absolute atomic E-state index is 0. The molecule has 1 radical (unpaired) electrons. The van der Waals surface area contributed by atoms with E-state index in [4.69, 9.17) is 0 Å². The summed E-state index contributed by atoms with van der Waals surface area (Å²) in [4.78, 5) is 0. The summed E-state index contributed by atoms with van der Waals surface area (Å²) >= 11 is 0. The molecule has 0 N–H and O–H groups in total. The summed E-state index contributed by atoms with van der Waals surface area (Å²) in [5.41, 5.74) is 0. The van der Waals surface area contributed by atoms with Crippen LogP contribution >= 0.6 is 0 Å². The SMILES string of the molecule is [AlH3].[Co].[Ni].[SiH4]. The standard InChI is InChI=1S/Al.Co.Ni.H4Si.3H/h;;;1H4;;;. The average molecular weight is 180 g/mol. The predicted octanol–water partition coefficient (Wildman–Crippen LogP) is -2.64. The molecular formula is H7AlCoNiSi. The molecule has 0 amide bonds. The van der Waals surface area contributed by atoms with Crippen LogP contribution in [0, 0.1) is 0 Å². The van der Waals surface area contributed by atoms with Gasteiger partial charge in [-0.1, -0.05) is 0 Å². The molecule has 0 unspecified atom stereocenters. The van der Waals surface area contributed by atoms with Gasteiger partial charge in [-0.25, -0.2) is 0 Å². The molecule has 0 fully saturated rings. The van der Waals surface area contributed by atoms with E-state index in [9.17, 15) is 0 Å². The van der Waals surface area contributed by atoms with Gasteiger partial charge in [-0.05, 0) is 11.0 Å². The molecule has 33 valence electrons. The van der Waals surface area contributed by atoms with Crippen LogP contribution < -0.4 is 0 Å². The summed E-state index contributed by atoms with van der Waals surface area (Å²) in [6.07, 6.45) is 0. The normalized spacial score (nSPS) is 0. The summed E-state index contributed by atoms with van der Waals surface area (Å²) < 4.78 is 0. The van der Waals surface area contributed by atoms with Crippen molar-refractivity contribution in [1.82, 2.24) is 0 Å². The van der Waals surface area contributed by atoms with E-state index in [1.165, 1.54) is 0 Å². The zero-order chi connectivity index (χ0) is 0. The van der Waals surface area contributed by atoms with Crippen LogP contribution in [0.5, 0.6) is 0 Å². The van der Waals surface area contributed by atoms with E-state index in [0.29, 0.717) is 0 Å². The van der Waals surface area contributed by atoms with Crippen molar-refractivity contribution < 1.29 is 33.3 Å². The van der Waals surface area contributed by atoms with Crippen LogP contribution in [-0.2, 0) is 33.3 Å². The quantitative estimate of drug-likeness (QED) is 0.357. The molecule has 0 bridgehead atoms. The number of rotatable bonds is 0. The molecule has 0 aliphatic carbocycles. The van der Waals surface area contributed by atoms with Crippen LogP contribution in [0.3, 0.4) is 0 Å². The van der Waals surface area contributed by atoms with E-state index < -0.39 is 0 Å². The van der Waals surface area contributed by atoms with E-state index in [1.54, 1.807) is 0 Å². The van der Waals surface area contributed by atoms with Gasteiger partial charge in [0.1, 0.15) is 0 Å². The van der Waals surface area contributed by atoms with Gasteiger partial charge in [0.25, 0.3) is 0 Å². The molecule has 0 aromatic rings. The largest absolute Gasteiger partial charge is 0.187 e. The molecule has 0 nitrogen and oxygen atoms in total. The van der Waals surface area contributed by atoms with E-state index in [2.05, 4.69) is 0 Å². The molecule has 0 aromatic carbocycles. The average Bonchev–Trinajstić information content (AvgIpc) is 0. The minimum atomic E-state index is 0. The number of hydrogen-bond acceptors (Lipinski definition) is 0. The van der Waals surface area contributed by atoms with Gasteiger partial charge < -0.3 is 0 Å². The zero-order valence-electron chi connectivity index (χ0n) is 0.650. The van der Waals surface area contributed by atoms with E-state index in [0.717, 1.165) is 0 Å². The van der Waals surface area contributed by atoms with Crippen LogP contribution in [0.15, 0.2) is 0 Å². The first-order chi connectivity index (χ1) is 0. The first-order valence-corrected chi connectivity index (χ1v) is 0. The summed E-state index contributed by atoms with van der Waals surface area (Å²) in [5, 5.41) is 0. The maximum atomic E-state index is 0. The smallest absolute Gasteiger partial charge is 0.0149 e. The van der Waals surface area contributed by atoms with Crippen LogP contribution in [-0.4, -0.2) is 28.3 Å². The van der Waals surface area contributed by atoms with Crippen molar-refractivity contribution in [2.75, 3.05) is 0 Å². The van der Waals surface area contributed by atoms with Crippen molar-refractivity contribution in [2.24, 2.45) is 0 Å². The van der Waals surface area contributed by atoms with Gasteiger partial charge in [0.15, 0.2) is 17.4 Å². The van der Waals surface area contributed by atoms with Crippen LogP contribution in [0.2, 0.25) is 0 Å². The van der Waals surface area contributed by atoms with Gasteiger partial charge in [-0.2, -0.15) is 0 Å². The maximum Gasteiger partial charge on any atom is 0.187 e. The molecule has 0 heterocycles. The Hall–Kier alpha value is 1.75. The van der Waals surface area contributed by atoms with Crippen LogP contribution in [0.25, 0.3) is 0 Å². The molecular weight excluding hydrogens is 173 g/mol. The molecule has 0 aliphatic rings. The Morgan fingerprint density at radius 1 is 1.00 bits per heavy atom. The van der Waals surface area contributed by atoms with Crippen LogP contribution in [0.4, 0.5) is 0 Å². The second-order valence-electron chi connectivity index (χ2n) is 0. The van der Waals surface area contributed by atoms with Gasteiger partial charge in [0.05, 0.1) is 0 Å². The molecule has 0 spiro atoms. The molecule has 0 saturated carbocycles. The van der Waals surface area contributed by atoms with Crippen molar-refractivity contribution in [1.29, 1.82) is 0 Å². The van der Waals surface area contributed by atoms with Crippen molar-refractivity contribution >= 4 is 28.3 Å². The first kappa shape index (κ1) is 42.4. The van der Waals surface area contributed by atoms with E-state index in [-0.39, 0.29) is 61.6 Å². The van der Waals surface area contributed by atoms with Crippen molar-refractivity contribution in [3.8, 4) is 0 Å². The second-order valence-corrected chi connectivity index (χ2v) is 0. The molecule has 0 rings (SSSR count). The summed E-state index contributed by atoms with van der Waals surface area (Å²) in [7, 11) is 0. The third kappa shape index (κ3) is 9.26. The Kier molecular flexibility index (Phi) is 231. The maximum absolute atomic E-state index is 0. The molecule has 4 heteroatoms. The monoisotopic (exact) mass is 179 g/mol. The predicted molar refractivity (Wildman–Crippen MR) is 21.3 cm³/mol. The van der Waals surface area contributed by atoms with Crippen molar-refractivity contribution in [3.05, 3.63) is 0 Å². The van der Waals surface area contributed by atoms with Gasteiger partial charge >= 0.3 is 0 Å². The third-order valence-corrected chi connectivity index (χ3v) is 0. The molecule has 0 aromatic heterocycles. The molecule has 0 aliphatic heterocycles. The topological polar surface area (TPSA) is 0 Å². The number of hydrogen-bond donors (Lipinski definition) is 0. The Morgan fingerprint density at radius 3 is 1.00 bits per heavy atom. The fourth-order valence-corrected chi connectivity index (χ4v) is 0. The van der Waals surface area contributed by atoms with E-state index in [1.807, 2.05) is 0 Å². The third-order valence-electron chi connectivity index (χ3n) is 0. The zero-order valence-corrected chi connectivity index (χ0v) is 2.68. The fraction of sp³-hybridized carbons (Fsp3) is 0. The summed E-state index contributed by atoms with van der Waals surface area (Å²) in [6, 6.07) is 0. The Balaban J connectivity index is 0. The van der Waals surface area contributed by atoms with E-state index >= 15 is 0 Å². The van der Waals surface area contributed by atoms with Crippen molar-refractivity contribution in [2.45, 2.75) is 0 Å². The molecule has 0 saturated heterocycles. The van der Waals surface area contributed by atoms with Gasteiger partial charge in [0, 0.05) is 33.3 Å². The van der Waals surface area contributed by atoms with Crippen LogP contribution in [0.1, 0.15) is 0 Å². The van der Waals surface area contributed by atoms with Gasteiger partial charge in [0.2, 0.25) is 0 Å². The van der Waals surface area contributed by atoms with Gasteiger partial charge in [-0.3, -0.25) is 0 Å². The Morgan fingerprint density at radius 2 is 1.00 bits per heavy atom. The fourth-order valence-electron chi connectivity index (χ4n) is 0. The second kappa shape index (κ2) is 21.8.